The van der Waals surface area contributed by atoms with E-state index in [9.17, 15) is 13.2 Å². The molecule has 0 radical (unpaired) electrons. The van der Waals surface area contributed by atoms with Gasteiger partial charge in [0, 0.05) is 19.3 Å². The van der Waals surface area contributed by atoms with Gasteiger partial charge >= 0.3 is 6.18 Å². The lowest BCUT2D eigenvalue weighted by molar-refractivity contribution is -0.137. The summed E-state index contributed by atoms with van der Waals surface area (Å²) in [6, 6.07) is 5.38. The van der Waals surface area contributed by atoms with E-state index < -0.39 is 11.7 Å². The second-order valence-electron chi connectivity index (χ2n) is 4.47. The van der Waals surface area contributed by atoms with Gasteiger partial charge in [0.1, 0.15) is 0 Å². The summed E-state index contributed by atoms with van der Waals surface area (Å²) in [4.78, 5) is 1.86. The third-order valence-electron chi connectivity index (χ3n) is 3.29. The minimum absolute atomic E-state index is 0.142. The molecule has 19 heavy (non-hydrogen) atoms. The van der Waals surface area contributed by atoms with Crippen molar-refractivity contribution in [2.24, 2.45) is 0 Å². The van der Waals surface area contributed by atoms with Gasteiger partial charge in [-0.05, 0) is 24.6 Å². The third kappa shape index (κ3) is 2.82. The Labute approximate surface area is 109 Å². The van der Waals surface area contributed by atoms with Crippen LogP contribution in [-0.2, 0) is 10.9 Å². The summed E-state index contributed by atoms with van der Waals surface area (Å²) in [5, 5.41) is 8.86. The smallest absolute Gasteiger partial charge is 0.379 e. The predicted molar refractivity (Wildman–Crippen MR) is 63.8 cm³/mol. The summed E-state index contributed by atoms with van der Waals surface area (Å²) < 4.78 is 43.3. The number of anilines is 1. The summed E-state index contributed by atoms with van der Waals surface area (Å²) >= 11 is 0. The first-order chi connectivity index (χ1) is 8.93. The van der Waals surface area contributed by atoms with Gasteiger partial charge in [0.2, 0.25) is 0 Å². The molecule has 0 amide bonds. The lowest BCUT2D eigenvalue weighted by Crippen LogP contribution is -2.31. The van der Waals surface area contributed by atoms with Crippen LogP contribution in [0.5, 0.6) is 0 Å². The number of halogens is 3. The molecule has 1 aromatic carbocycles. The number of hydrogen-bond donors (Lipinski definition) is 0. The maximum atomic E-state index is 12.7. The van der Waals surface area contributed by atoms with Crippen LogP contribution in [0.4, 0.5) is 18.9 Å². The molecule has 0 saturated carbocycles. The summed E-state index contributed by atoms with van der Waals surface area (Å²) in [5.41, 5.74) is -0.648. The highest BCUT2D eigenvalue weighted by atomic mass is 19.4. The highest BCUT2D eigenvalue weighted by Crippen LogP contribution is 2.34. The van der Waals surface area contributed by atoms with Gasteiger partial charge in [-0.3, -0.25) is 0 Å². The van der Waals surface area contributed by atoms with Crippen molar-refractivity contribution in [1.29, 1.82) is 5.26 Å². The largest absolute Gasteiger partial charge is 0.417 e. The van der Waals surface area contributed by atoms with Crippen molar-refractivity contribution in [3.63, 3.8) is 0 Å². The van der Waals surface area contributed by atoms with Crippen molar-refractivity contribution >= 4 is 5.69 Å². The lowest BCUT2D eigenvalue weighted by atomic mass is 10.1. The van der Waals surface area contributed by atoms with E-state index >= 15 is 0 Å². The van der Waals surface area contributed by atoms with Crippen LogP contribution in [0, 0.1) is 11.3 Å². The highest BCUT2D eigenvalue weighted by molar-refractivity contribution is 5.55. The van der Waals surface area contributed by atoms with Gasteiger partial charge in [0.05, 0.1) is 29.8 Å². The molecule has 1 fully saturated rings. The number of likely N-dealkylation sites (N-methyl/N-ethyl adjacent to an activating group) is 1. The quantitative estimate of drug-likeness (QED) is 0.829. The van der Waals surface area contributed by atoms with E-state index in [1.54, 1.807) is 13.1 Å². The standard InChI is InChI=1S/C13H13F3N2O/c1-18(11-4-5-19-8-11)10-2-3-12(13(14,15)16)9(6-10)7-17/h2-3,6,11H,4-5,8H2,1H3. The van der Waals surface area contributed by atoms with Crippen LogP contribution in [0.25, 0.3) is 0 Å². The lowest BCUT2D eigenvalue weighted by Gasteiger charge is -2.26. The molecule has 1 aliphatic heterocycles. The number of rotatable bonds is 2. The number of nitrogens with zero attached hydrogens (tertiary/aromatic N) is 2. The monoisotopic (exact) mass is 270 g/mol. The molecule has 1 heterocycles. The highest BCUT2D eigenvalue weighted by Gasteiger charge is 2.34. The van der Waals surface area contributed by atoms with Crippen molar-refractivity contribution in [3.8, 4) is 6.07 Å². The van der Waals surface area contributed by atoms with Crippen LogP contribution in [0.1, 0.15) is 17.5 Å². The molecule has 1 atom stereocenters. The molecule has 1 unspecified atom stereocenters. The zero-order chi connectivity index (χ0) is 14.0. The number of alkyl halides is 3. The molecule has 0 spiro atoms. The summed E-state index contributed by atoms with van der Waals surface area (Å²) in [6.07, 6.45) is -3.67. The predicted octanol–water partition coefficient (Wildman–Crippen LogP) is 2.80. The molecule has 0 aromatic heterocycles. The Morgan fingerprint density at radius 1 is 1.42 bits per heavy atom. The molecule has 1 aromatic rings. The van der Waals surface area contributed by atoms with Gasteiger partial charge in [0.15, 0.2) is 0 Å². The molecule has 1 saturated heterocycles. The fourth-order valence-electron chi connectivity index (χ4n) is 2.13. The summed E-state index contributed by atoms with van der Waals surface area (Å²) in [7, 11) is 1.79. The maximum absolute atomic E-state index is 12.7. The second-order valence-corrected chi connectivity index (χ2v) is 4.47. The molecule has 3 nitrogen and oxygen atoms in total. The first-order valence-electron chi connectivity index (χ1n) is 5.85. The van der Waals surface area contributed by atoms with Crippen LogP contribution in [0.3, 0.4) is 0 Å². The van der Waals surface area contributed by atoms with E-state index in [0.717, 1.165) is 12.5 Å². The van der Waals surface area contributed by atoms with Gasteiger partial charge in [-0.15, -0.1) is 0 Å². The average Bonchev–Trinajstić information content (AvgIpc) is 2.89. The minimum Gasteiger partial charge on any atom is -0.379 e. The van der Waals surface area contributed by atoms with E-state index in [2.05, 4.69) is 0 Å². The summed E-state index contributed by atoms with van der Waals surface area (Å²) in [5.74, 6) is 0. The van der Waals surface area contributed by atoms with Gasteiger partial charge < -0.3 is 9.64 Å². The maximum Gasteiger partial charge on any atom is 0.417 e. The van der Waals surface area contributed by atoms with Gasteiger partial charge in [-0.1, -0.05) is 0 Å². The van der Waals surface area contributed by atoms with E-state index in [0.29, 0.717) is 18.9 Å². The normalized spacial score (nSPS) is 19.2. The van der Waals surface area contributed by atoms with Gasteiger partial charge in [0.25, 0.3) is 0 Å². The Hall–Kier alpha value is -1.74. The molecule has 0 bridgehead atoms. The Morgan fingerprint density at radius 3 is 2.68 bits per heavy atom. The first kappa shape index (κ1) is 13.7. The minimum atomic E-state index is -4.50. The SMILES string of the molecule is CN(c1ccc(C(F)(F)F)c(C#N)c1)C1CCOC1. The molecule has 0 N–H and O–H groups in total. The zero-order valence-corrected chi connectivity index (χ0v) is 10.4. The van der Waals surface area contributed by atoms with Gasteiger partial charge in [-0.2, -0.15) is 18.4 Å². The third-order valence-corrected chi connectivity index (χ3v) is 3.29. The van der Waals surface area contributed by atoms with Crippen LogP contribution in [0.2, 0.25) is 0 Å². The number of nitriles is 1. The van der Waals surface area contributed by atoms with Crippen LogP contribution >= 0.6 is 0 Å². The topological polar surface area (TPSA) is 36.3 Å². The zero-order valence-electron chi connectivity index (χ0n) is 10.4. The molecule has 2 rings (SSSR count). The van der Waals surface area contributed by atoms with E-state index in [-0.39, 0.29) is 11.6 Å². The molecular formula is C13H13F3N2O. The van der Waals surface area contributed by atoms with Crippen molar-refractivity contribution in [3.05, 3.63) is 29.3 Å². The Balaban J connectivity index is 2.31. The van der Waals surface area contributed by atoms with E-state index in [4.69, 9.17) is 10.00 Å². The number of benzene rings is 1. The Morgan fingerprint density at radius 2 is 2.16 bits per heavy atom. The fourth-order valence-corrected chi connectivity index (χ4v) is 2.13. The summed E-state index contributed by atoms with van der Waals surface area (Å²) in [6.45, 7) is 1.21. The Kier molecular flexibility index (Phi) is 3.67. The van der Waals surface area contributed by atoms with Gasteiger partial charge in [-0.25, -0.2) is 0 Å². The fraction of sp³-hybridized carbons (Fsp3) is 0.462. The molecular weight excluding hydrogens is 257 g/mol. The van der Waals surface area contributed by atoms with Crippen molar-refractivity contribution in [2.45, 2.75) is 18.6 Å². The van der Waals surface area contributed by atoms with Crippen molar-refractivity contribution in [2.75, 3.05) is 25.2 Å². The molecule has 0 aliphatic carbocycles. The van der Waals surface area contributed by atoms with Crippen molar-refractivity contribution in [1.82, 2.24) is 0 Å². The van der Waals surface area contributed by atoms with E-state index in [1.165, 1.54) is 12.1 Å². The van der Waals surface area contributed by atoms with E-state index in [1.807, 2.05) is 4.90 Å². The second kappa shape index (κ2) is 5.10. The van der Waals surface area contributed by atoms with Crippen molar-refractivity contribution < 1.29 is 17.9 Å². The van der Waals surface area contributed by atoms with Crippen LogP contribution in [-0.4, -0.2) is 26.3 Å². The van der Waals surface area contributed by atoms with Crippen LogP contribution in [0.15, 0.2) is 18.2 Å². The molecule has 1 aliphatic rings. The molecule has 102 valence electrons. The Bertz CT molecular complexity index is 502. The van der Waals surface area contributed by atoms with Crippen LogP contribution < -0.4 is 4.90 Å². The number of ether oxygens (including phenoxy) is 1. The molecule has 6 heteroatoms. The first-order valence-corrected chi connectivity index (χ1v) is 5.85. The average molecular weight is 270 g/mol. The number of hydrogen-bond acceptors (Lipinski definition) is 3.